The van der Waals surface area contributed by atoms with E-state index in [0.717, 1.165) is 5.56 Å². The van der Waals surface area contributed by atoms with Crippen LogP contribution in [0.25, 0.3) is 0 Å². The molecule has 0 saturated carbocycles. The Bertz CT molecular complexity index is 368. The number of benzene rings is 1. The van der Waals surface area contributed by atoms with E-state index in [-0.39, 0.29) is 0 Å². The first kappa shape index (κ1) is 13.4. The van der Waals surface area contributed by atoms with Crippen LogP contribution < -0.4 is 0 Å². The summed E-state index contributed by atoms with van der Waals surface area (Å²) < 4.78 is 5.30. The van der Waals surface area contributed by atoms with Gasteiger partial charge in [0.25, 0.3) is 0 Å². The monoisotopic (exact) mass is 231 g/mol. The van der Waals surface area contributed by atoms with E-state index in [0.29, 0.717) is 26.1 Å². The van der Waals surface area contributed by atoms with Crippen LogP contribution in [0, 0.1) is 11.3 Å². The fraction of sp³-hybridized carbons (Fsp3) is 0.357. The van der Waals surface area contributed by atoms with Crippen molar-refractivity contribution >= 4 is 0 Å². The quantitative estimate of drug-likeness (QED) is 0.577. The second-order valence-electron chi connectivity index (χ2n) is 3.74. The molecule has 90 valence electrons. The third kappa shape index (κ3) is 6.52. The molecule has 0 aliphatic heterocycles. The zero-order chi connectivity index (χ0) is 12.3. The first-order chi connectivity index (χ1) is 8.33. The number of ether oxygens (including phenoxy) is 1. The molecule has 0 saturated heterocycles. The van der Waals surface area contributed by atoms with Crippen molar-refractivity contribution in [1.29, 1.82) is 5.26 Å². The predicted molar refractivity (Wildman–Crippen MR) is 66.3 cm³/mol. The van der Waals surface area contributed by atoms with Gasteiger partial charge in [-0.3, -0.25) is 0 Å². The highest BCUT2D eigenvalue weighted by atomic mass is 16.5. The summed E-state index contributed by atoms with van der Waals surface area (Å²) in [6.07, 6.45) is 4.02. The number of hydrogen-bond acceptors (Lipinski definition) is 3. The Morgan fingerprint density at radius 2 is 2.12 bits per heavy atom. The van der Waals surface area contributed by atoms with Gasteiger partial charge in [-0.1, -0.05) is 36.4 Å². The average Bonchev–Trinajstić information content (AvgIpc) is 2.35. The van der Waals surface area contributed by atoms with Crippen LogP contribution in [0.5, 0.6) is 0 Å². The van der Waals surface area contributed by atoms with Crippen LogP contribution >= 0.6 is 0 Å². The molecule has 0 bridgehead atoms. The fourth-order valence-electron chi connectivity index (χ4n) is 1.45. The smallest absolute Gasteiger partial charge is 0.0908 e. The second-order valence-corrected chi connectivity index (χ2v) is 3.74. The number of aliphatic hydroxyl groups excluding tert-OH is 1. The van der Waals surface area contributed by atoms with Gasteiger partial charge in [-0.15, -0.1) is 0 Å². The van der Waals surface area contributed by atoms with Crippen molar-refractivity contribution in [3.63, 3.8) is 0 Å². The molecule has 0 radical (unpaired) electrons. The van der Waals surface area contributed by atoms with Crippen LogP contribution in [-0.4, -0.2) is 24.4 Å². The summed E-state index contributed by atoms with van der Waals surface area (Å²) in [7, 11) is 0. The molecule has 0 aromatic heterocycles. The molecule has 1 rings (SSSR count). The van der Waals surface area contributed by atoms with Gasteiger partial charge in [0.1, 0.15) is 0 Å². The van der Waals surface area contributed by atoms with Gasteiger partial charge in [-0.05, 0) is 12.0 Å². The predicted octanol–water partition coefficient (Wildman–Crippen LogP) is 2.08. The first-order valence-corrected chi connectivity index (χ1v) is 5.67. The van der Waals surface area contributed by atoms with E-state index >= 15 is 0 Å². The summed E-state index contributed by atoms with van der Waals surface area (Å²) in [5.41, 5.74) is 1.10. The van der Waals surface area contributed by atoms with Gasteiger partial charge in [0, 0.05) is 12.5 Å². The third-order valence-electron chi connectivity index (χ3n) is 2.25. The average molecular weight is 231 g/mol. The number of allylic oxidation sites excluding steroid dienone is 1. The highest BCUT2D eigenvalue weighted by Gasteiger charge is 2.04. The van der Waals surface area contributed by atoms with Crippen LogP contribution in [0.1, 0.15) is 12.0 Å². The van der Waals surface area contributed by atoms with Gasteiger partial charge in [-0.2, -0.15) is 5.26 Å². The molecular weight excluding hydrogens is 214 g/mol. The van der Waals surface area contributed by atoms with E-state index in [1.165, 1.54) is 6.08 Å². The van der Waals surface area contributed by atoms with Crippen LogP contribution in [0.2, 0.25) is 0 Å². The Hall–Kier alpha value is -1.63. The van der Waals surface area contributed by atoms with E-state index < -0.39 is 6.10 Å². The molecule has 1 unspecified atom stereocenters. The molecule has 1 N–H and O–H groups in total. The first-order valence-electron chi connectivity index (χ1n) is 5.67. The largest absolute Gasteiger partial charge is 0.390 e. The number of rotatable bonds is 7. The number of nitriles is 1. The molecule has 3 heteroatoms. The van der Waals surface area contributed by atoms with E-state index in [1.54, 1.807) is 6.08 Å². The molecule has 1 aromatic rings. The maximum absolute atomic E-state index is 9.71. The minimum absolute atomic E-state index is 0.329. The highest BCUT2D eigenvalue weighted by molar-refractivity contribution is 5.15. The van der Waals surface area contributed by atoms with Gasteiger partial charge in [0.05, 0.1) is 25.4 Å². The molecular formula is C14H17NO2. The lowest BCUT2D eigenvalue weighted by molar-refractivity contribution is 0.0391. The molecule has 1 aromatic carbocycles. The van der Waals surface area contributed by atoms with Crippen molar-refractivity contribution in [2.45, 2.75) is 18.9 Å². The van der Waals surface area contributed by atoms with Crippen LogP contribution in [0.15, 0.2) is 42.5 Å². The Morgan fingerprint density at radius 3 is 2.82 bits per heavy atom. The minimum Gasteiger partial charge on any atom is -0.390 e. The van der Waals surface area contributed by atoms with Crippen molar-refractivity contribution in [1.82, 2.24) is 0 Å². The zero-order valence-electron chi connectivity index (χ0n) is 9.75. The molecule has 17 heavy (non-hydrogen) atoms. The van der Waals surface area contributed by atoms with Gasteiger partial charge < -0.3 is 9.84 Å². The van der Waals surface area contributed by atoms with E-state index in [4.69, 9.17) is 10.00 Å². The fourth-order valence-corrected chi connectivity index (χ4v) is 1.45. The summed E-state index contributed by atoms with van der Waals surface area (Å²) in [5.74, 6) is 0. The maximum atomic E-state index is 9.71. The van der Waals surface area contributed by atoms with Crippen molar-refractivity contribution in [3.8, 4) is 6.07 Å². The standard InChI is InChI=1S/C14H17NO2/c15-9-5-2-6-10-17-12-14(16)11-13-7-3-1-4-8-13/h1-5,7-8,14,16H,6,10-12H2. The van der Waals surface area contributed by atoms with Crippen molar-refractivity contribution in [2.24, 2.45) is 0 Å². The molecule has 0 aliphatic rings. The van der Waals surface area contributed by atoms with Crippen LogP contribution in [-0.2, 0) is 11.2 Å². The summed E-state index contributed by atoms with van der Waals surface area (Å²) in [6, 6.07) is 11.7. The Balaban J connectivity index is 2.12. The van der Waals surface area contributed by atoms with Crippen LogP contribution in [0.3, 0.4) is 0 Å². The molecule has 0 amide bonds. The van der Waals surface area contributed by atoms with Crippen LogP contribution in [0.4, 0.5) is 0 Å². The molecule has 0 fully saturated rings. The lowest BCUT2D eigenvalue weighted by Gasteiger charge is -2.10. The van der Waals surface area contributed by atoms with E-state index in [2.05, 4.69) is 0 Å². The number of aliphatic hydroxyl groups is 1. The Kier molecular flexibility index (Phi) is 6.73. The SMILES string of the molecule is N#CC=CCCOCC(O)Cc1ccccc1. The molecule has 0 heterocycles. The summed E-state index contributed by atoms with van der Waals surface area (Å²) in [5, 5.41) is 18.0. The zero-order valence-corrected chi connectivity index (χ0v) is 9.75. The molecule has 0 spiro atoms. The normalized spacial score (nSPS) is 12.5. The second kappa shape index (κ2) is 8.51. The van der Waals surface area contributed by atoms with Crippen molar-refractivity contribution in [2.75, 3.05) is 13.2 Å². The lowest BCUT2D eigenvalue weighted by Crippen LogP contribution is -2.18. The Morgan fingerprint density at radius 1 is 1.35 bits per heavy atom. The van der Waals surface area contributed by atoms with Gasteiger partial charge in [0.15, 0.2) is 0 Å². The summed E-state index contributed by atoms with van der Waals surface area (Å²) in [6.45, 7) is 0.860. The summed E-state index contributed by atoms with van der Waals surface area (Å²) >= 11 is 0. The highest BCUT2D eigenvalue weighted by Crippen LogP contribution is 2.03. The van der Waals surface area contributed by atoms with E-state index in [1.807, 2.05) is 36.4 Å². The Labute approximate surface area is 102 Å². The molecule has 3 nitrogen and oxygen atoms in total. The van der Waals surface area contributed by atoms with Crippen molar-refractivity contribution in [3.05, 3.63) is 48.0 Å². The number of nitrogens with zero attached hydrogens (tertiary/aromatic N) is 1. The van der Waals surface area contributed by atoms with Crippen molar-refractivity contribution < 1.29 is 9.84 Å². The third-order valence-corrected chi connectivity index (χ3v) is 2.25. The molecule has 0 aliphatic carbocycles. The lowest BCUT2D eigenvalue weighted by atomic mass is 10.1. The van der Waals surface area contributed by atoms with Gasteiger partial charge >= 0.3 is 0 Å². The maximum Gasteiger partial charge on any atom is 0.0908 e. The number of hydrogen-bond donors (Lipinski definition) is 1. The van der Waals surface area contributed by atoms with Gasteiger partial charge in [-0.25, -0.2) is 0 Å². The minimum atomic E-state index is -0.475. The topological polar surface area (TPSA) is 53.2 Å². The molecule has 1 atom stereocenters. The summed E-state index contributed by atoms with van der Waals surface area (Å²) in [4.78, 5) is 0. The van der Waals surface area contributed by atoms with Gasteiger partial charge in [0.2, 0.25) is 0 Å². The van der Waals surface area contributed by atoms with E-state index in [9.17, 15) is 5.11 Å².